The molecule has 0 heterocycles. The lowest BCUT2D eigenvalue weighted by Gasteiger charge is -2.44. The van der Waals surface area contributed by atoms with Gasteiger partial charge in [-0.1, -0.05) is 62.0 Å². The van der Waals surface area contributed by atoms with Crippen molar-refractivity contribution in [2.45, 2.75) is 136 Å². The van der Waals surface area contributed by atoms with Crippen LogP contribution in [-0.4, -0.2) is 45.9 Å². The molecule has 4 rings (SSSR count). The van der Waals surface area contributed by atoms with Gasteiger partial charge in [0.25, 0.3) is 5.69 Å². The van der Waals surface area contributed by atoms with E-state index >= 15 is 0 Å². The second-order valence-electron chi connectivity index (χ2n) is 15.8. The minimum atomic E-state index is -1.13. The zero-order valence-corrected chi connectivity index (χ0v) is 31.0. The maximum Gasteiger partial charge on any atom is 0.306 e. The van der Waals surface area contributed by atoms with Crippen molar-refractivity contribution in [3.63, 3.8) is 0 Å². The van der Waals surface area contributed by atoms with Crippen LogP contribution in [0.25, 0.3) is 10.4 Å². The van der Waals surface area contributed by atoms with Crippen molar-refractivity contribution in [1.29, 1.82) is 0 Å². The number of ether oxygens (including phenoxy) is 1. The number of anilines is 1. The fraction of sp³-hybridized carbons (Fsp3) is 0.675. The van der Waals surface area contributed by atoms with Gasteiger partial charge < -0.3 is 20.3 Å². The molecule has 3 fully saturated rings. The van der Waals surface area contributed by atoms with Crippen LogP contribution in [0.4, 0.5) is 17.1 Å². The number of allylic oxidation sites excluding steroid dienone is 4. The number of esters is 1. The van der Waals surface area contributed by atoms with Gasteiger partial charge in [-0.25, -0.2) is 0 Å². The maximum absolute atomic E-state index is 12.6. The van der Waals surface area contributed by atoms with Gasteiger partial charge in [0, 0.05) is 29.6 Å². The summed E-state index contributed by atoms with van der Waals surface area (Å²) >= 11 is 0. The Kier molecular flexibility index (Phi) is 14.2. The largest absolute Gasteiger partial charge is 0.461 e. The first kappa shape index (κ1) is 38.6. The molecule has 0 aliphatic heterocycles. The number of aliphatic hydroxyl groups excluding tert-OH is 1. The average Bonchev–Trinajstić information content (AvgIpc) is 3.43. The number of nitrogens with zero attached hydrogens (tertiary/aromatic N) is 4. The summed E-state index contributed by atoms with van der Waals surface area (Å²) in [5.74, 6) is 1.42. The summed E-state index contributed by atoms with van der Waals surface area (Å²) in [6.45, 7) is 8.02. The standard InChI is InChI=1S/C40H59N5O6/c1-28(10-8-22-39(2,3)48)34-18-19-35-30(11-9-23-40(34,35)4)13-14-31-26-33(46)17-15-29(31)21-25-51-38(47)12-6-5-7-24-42-36-20-16-32(43-44-41)27-37(36)45(49)50/h13-14,16,20-21,27-28,33-35,42,46,48H,5-12,15,17-19,22-26H2,1-4H3/b29-21+,30-13+,31-14-/t28-,33+,34-,35+,40-/m1/s1/i25T/t25?,28-,33+,34-,35+,40-. The second kappa shape index (κ2) is 18.7. The molecule has 3 aliphatic carbocycles. The molecular weight excluding hydrogens is 646 g/mol. The van der Waals surface area contributed by atoms with Gasteiger partial charge in [-0.2, -0.15) is 0 Å². The fourth-order valence-corrected chi connectivity index (χ4v) is 8.79. The summed E-state index contributed by atoms with van der Waals surface area (Å²) in [6, 6.07) is 4.23. The molecule has 1 aromatic rings. The highest BCUT2D eigenvalue weighted by atomic mass is 16.6. The first-order valence-electron chi connectivity index (χ1n) is 19.5. The fourth-order valence-electron chi connectivity index (χ4n) is 8.79. The molecule has 0 aromatic heterocycles. The third-order valence-electron chi connectivity index (χ3n) is 11.5. The molecule has 0 amide bonds. The second-order valence-corrected chi connectivity index (χ2v) is 15.8. The predicted octanol–water partition coefficient (Wildman–Crippen LogP) is 10.2. The highest BCUT2D eigenvalue weighted by Crippen LogP contribution is 2.60. The van der Waals surface area contributed by atoms with Gasteiger partial charge in [0.2, 0.25) is 0 Å². The smallest absolute Gasteiger partial charge is 0.306 e. The van der Waals surface area contributed by atoms with Crippen LogP contribution < -0.4 is 5.32 Å². The number of carbonyl (C=O) groups is 1. The van der Waals surface area contributed by atoms with E-state index in [4.69, 9.17) is 11.6 Å². The SMILES string of the molecule is [3H]C(\C=C1/CC[C@H](O)C/C1=C/C=C1\CCC[C@]2(C)[C@@H]([C@H](C)CCCC(C)(C)O)CC[C@@H]12)OC(=O)CCCCCNc1ccc(N=[N+]=[N-])cc1[N+](=O)[O-]. The van der Waals surface area contributed by atoms with Crippen LogP contribution in [0.3, 0.4) is 0 Å². The van der Waals surface area contributed by atoms with Crippen LogP contribution in [0.5, 0.6) is 0 Å². The Morgan fingerprint density at radius 1 is 1.24 bits per heavy atom. The number of hydrogen-bond donors (Lipinski definition) is 3. The molecule has 280 valence electrons. The van der Waals surface area contributed by atoms with Gasteiger partial charge in [-0.3, -0.25) is 14.9 Å². The minimum absolute atomic E-state index is 0.165. The molecule has 11 nitrogen and oxygen atoms in total. The molecule has 0 saturated heterocycles. The van der Waals surface area contributed by atoms with E-state index in [1.165, 1.54) is 49.5 Å². The summed E-state index contributed by atoms with van der Waals surface area (Å²) < 4.78 is 13.9. The van der Waals surface area contributed by atoms with Crippen molar-refractivity contribution in [2.24, 2.45) is 28.3 Å². The van der Waals surface area contributed by atoms with Gasteiger partial charge in [-0.15, -0.1) is 0 Å². The summed E-state index contributed by atoms with van der Waals surface area (Å²) in [4.78, 5) is 26.1. The zero-order valence-electron chi connectivity index (χ0n) is 32.0. The summed E-state index contributed by atoms with van der Waals surface area (Å²) in [5.41, 5.74) is 12.0. The number of unbranched alkanes of at least 4 members (excludes halogenated alkanes) is 2. The molecule has 3 aliphatic rings. The molecule has 0 spiro atoms. The Balaban J connectivity index is 1.28. The molecule has 51 heavy (non-hydrogen) atoms. The number of hydrogen-bond acceptors (Lipinski definition) is 8. The number of carbonyl (C=O) groups excluding carboxylic acids is 1. The third-order valence-corrected chi connectivity index (χ3v) is 11.5. The molecule has 0 radical (unpaired) electrons. The van der Waals surface area contributed by atoms with Gasteiger partial charge in [0.05, 0.1) is 18.0 Å². The van der Waals surface area contributed by atoms with Crippen LogP contribution >= 0.6 is 0 Å². The van der Waals surface area contributed by atoms with Crippen molar-refractivity contribution >= 4 is 23.0 Å². The van der Waals surface area contributed by atoms with Crippen LogP contribution in [0.2, 0.25) is 0 Å². The highest BCUT2D eigenvalue weighted by molar-refractivity contribution is 5.69. The first-order chi connectivity index (χ1) is 24.7. The number of nitro groups is 1. The Morgan fingerprint density at radius 3 is 2.78 bits per heavy atom. The molecule has 1 unspecified atom stereocenters. The number of fused-ring (bicyclic) bond motifs is 1. The van der Waals surface area contributed by atoms with E-state index in [-0.39, 0.29) is 23.2 Å². The Bertz CT molecular complexity index is 1550. The third kappa shape index (κ3) is 11.7. The molecular formula is C40H59N5O6. The van der Waals surface area contributed by atoms with E-state index in [0.29, 0.717) is 68.5 Å². The molecule has 3 N–H and O–H groups in total. The van der Waals surface area contributed by atoms with E-state index in [0.717, 1.165) is 36.8 Å². The van der Waals surface area contributed by atoms with Crippen molar-refractivity contribution in [3.05, 3.63) is 73.7 Å². The summed E-state index contributed by atoms with van der Waals surface area (Å²) in [6.07, 6.45) is 18.6. The number of nitrogens with one attached hydrogen (secondary N) is 1. The first-order valence-corrected chi connectivity index (χ1v) is 18.9. The average molecular weight is 708 g/mol. The molecule has 1 aromatic carbocycles. The van der Waals surface area contributed by atoms with Gasteiger partial charge >= 0.3 is 5.97 Å². The molecule has 3 saturated carbocycles. The van der Waals surface area contributed by atoms with E-state index in [1.54, 1.807) is 6.08 Å². The zero-order chi connectivity index (χ0) is 37.9. The normalized spacial score (nSPS) is 27.4. The lowest BCUT2D eigenvalue weighted by Crippen LogP contribution is -2.36. The van der Waals surface area contributed by atoms with Crippen LogP contribution in [0, 0.1) is 33.3 Å². The van der Waals surface area contributed by atoms with Gasteiger partial charge in [-0.05, 0) is 136 Å². The lowest BCUT2D eigenvalue weighted by molar-refractivity contribution is -0.383. The Hall–Kier alpha value is -3.66. The van der Waals surface area contributed by atoms with E-state index < -0.39 is 29.2 Å². The Morgan fingerprint density at radius 2 is 2.04 bits per heavy atom. The van der Waals surface area contributed by atoms with E-state index in [9.17, 15) is 25.1 Å². The van der Waals surface area contributed by atoms with Crippen LogP contribution in [0.15, 0.2) is 58.3 Å². The number of aliphatic hydroxyl groups is 2. The van der Waals surface area contributed by atoms with E-state index in [1.807, 2.05) is 13.8 Å². The molecule has 6 atom stereocenters. The van der Waals surface area contributed by atoms with Gasteiger partial charge in [0.1, 0.15) is 12.3 Å². The van der Waals surface area contributed by atoms with Crippen molar-refractivity contribution in [2.75, 3.05) is 18.4 Å². The van der Waals surface area contributed by atoms with E-state index in [2.05, 4.69) is 41.3 Å². The number of nitro benzene ring substituents is 1. The van der Waals surface area contributed by atoms with Crippen LogP contribution in [-0.2, 0) is 9.53 Å². The van der Waals surface area contributed by atoms with Crippen molar-refractivity contribution in [3.8, 4) is 0 Å². The number of benzene rings is 1. The quantitative estimate of drug-likeness (QED) is 0.0275. The minimum Gasteiger partial charge on any atom is -0.461 e. The highest BCUT2D eigenvalue weighted by Gasteiger charge is 2.50. The number of rotatable bonds is 17. The number of azide groups is 1. The van der Waals surface area contributed by atoms with Crippen LogP contribution in [0.1, 0.15) is 125 Å². The lowest BCUT2D eigenvalue weighted by atomic mass is 9.60. The molecule has 0 bridgehead atoms. The summed E-state index contributed by atoms with van der Waals surface area (Å²) in [5, 5.41) is 38.5. The predicted molar refractivity (Wildman–Crippen MR) is 201 cm³/mol. The summed E-state index contributed by atoms with van der Waals surface area (Å²) in [7, 11) is 0. The van der Waals surface area contributed by atoms with Gasteiger partial charge in [0.15, 0.2) is 0 Å². The monoisotopic (exact) mass is 707 g/mol. The van der Waals surface area contributed by atoms with Crippen molar-refractivity contribution in [1.82, 2.24) is 0 Å². The maximum atomic E-state index is 12.6. The Labute approximate surface area is 304 Å². The molecule has 11 heteroatoms. The van der Waals surface area contributed by atoms with Crippen molar-refractivity contribution < 1.29 is 26.0 Å². The topological polar surface area (TPSA) is 171 Å².